The maximum Gasteiger partial charge on any atom is 0.239 e. The smallest absolute Gasteiger partial charge is 0.239 e. The van der Waals surface area contributed by atoms with Gasteiger partial charge in [0.1, 0.15) is 3.92 Å². The normalized spacial score (nSPS) is 18.5. The summed E-state index contributed by atoms with van der Waals surface area (Å²) in [6, 6.07) is 15.5. The molecule has 1 fully saturated rings. The van der Waals surface area contributed by atoms with Crippen molar-refractivity contribution in [1.82, 2.24) is 4.90 Å². The molecule has 0 bridgehead atoms. The minimum Gasteiger partial charge on any atom is -0.378 e. The Morgan fingerprint density at radius 1 is 1.19 bits per heavy atom. The fourth-order valence-corrected chi connectivity index (χ4v) is 6.74. The zero-order valence-electron chi connectivity index (χ0n) is 17.1. The van der Waals surface area contributed by atoms with Gasteiger partial charge in [-0.15, -0.1) is 0 Å². The standard InChI is InChI=1S/C22H21IN4O4S/c23-20(22(28)26-8-10-31-11-9-26)18-14-32(29,30)19-7-2-1-6-17(19)21(18)27(25)16-5-3-4-15(12-16)13-24/h1-7,12,20H,8-11,14,25H2. The number of benzene rings is 2. The summed E-state index contributed by atoms with van der Waals surface area (Å²) in [5, 5.41) is 10.7. The quantitative estimate of drug-likeness (QED) is 0.262. The number of carbonyl (C=O) groups is 1. The number of fused-ring (bicyclic) bond motifs is 1. The van der Waals surface area contributed by atoms with Gasteiger partial charge in [-0.3, -0.25) is 9.80 Å². The van der Waals surface area contributed by atoms with Crippen LogP contribution in [0.15, 0.2) is 59.0 Å². The molecule has 1 atom stereocenters. The summed E-state index contributed by atoms with van der Waals surface area (Å²) in [4.78, 5) is 15.1. The van der Waals surface area contributed by atoms with Gasteiger partial charge in [-0.25, -0.2) is 14.3 Å². The van der Waals surface area contributed by atoms with Gasteiger partial charge in [-0.2, -0.15) is 5.26 Å². The van der Waals surface area contributed by atoms with E-state index in [1.165, 1.54) is 5.01 Å². The first-order chi connectivity index (χ1) is 15.3. The average Bonchev–Trinajstić information content (AvgIpc) is 2.83. The molecule has 0 spiro atoms. The van der Waals surface area contributed by atoms with Crippen molar-refractivity contribution >= 4 is 49.7 Å². The third-order valence-corrected chi connectivity index (χ3v) is 8.47. The zero-order chi connectivity index (χ0) is 22.9. The van der Waals surface area contributed by atoms with E-state index in [-0.39, 0.29) is 16.6 Å². The van der Waals surface area contributed by atoms with E-state index >= 15 is 0 Å². The Kier molecular flexibility index (Phi) is 6.52. The predicted octanol–water partition coefficient (Wildman–Crippen LogP) is 2.10. The van der Waals surface area contributed by atoms with Crippen LogP contribution in [0.25, 0.3) is 5.70 Å². The second kappa shape index (κ2) is 9.19. The molecule has 0 aromatic heterocycles. The van der Waals surface area contributed by atoms with Crippen molar-refractivity contribution in [2.75, 3.05) is 37.1 Å². The summed E-state index contributed by atoms with van der Waals surface area (Å²) in [7, 11) is -3.65. The Morgan fingerprint density at radius 3 is 2.62 bits per heavy atom. The van der Waals surface area contributed by atoms with Crippen molar-refractivity contribution in [2.45, 2.75) is 8.82 Å². The van der Waals surface area contributed by atoms with Crippen molar-refractivity contribution in [3.05, 3.63) is 65.2 Å². The molecule has 8 nitrogen and oxygen atoms in total. The lowest BCUT2D eigenvalue weighted by Crippen LogP contribution is -2.46. The van der Waals surface area contributed by atoms with E-state index in [0.717, 1.165) is 0 Å². The number of sulfone groups is 1. The van der Waals surface area contributed by atoms with Gasteiger partial charge in [0.15, 0.2) is 9.84 Å². The number of nitriles is 1. The second-order valence-corrected chi connectivity index (χ2v) is 10.7. The molecule has 2 aliphatic heterocycles. The lowest BCUT2D eigenvalue weighted by atomic mass is 10.0. The minimum atomic E-state index is -3.65. The SMILES string of the molecule is N#Cc1cccc(N(N)C2=C(C(I)C(=O)N3CCOCC3)CS(=O)(=O)c3ccccc32)c1. The molecule has 0 saturated carbocycles. The number of alkyl halides is 1. The molecule has 2 N–H and O–H groups in total. The van der Waals surface area contributed by atoms with Crippen LogP contribution < -0.4 is 10.9 Å². The van der Waals surface area contributed by atoms with Crippen LogP contribution >= 0.6 is 22.6 Å². The highest BCUT2D eigenvalue weighted by Gasteiger charge is 2.38. The van der Waals surface area contributed by atoms with Gasteiger partial charge in [0, 0.05) is 18.7 Å². The molecule has 2 aromatic rings. The number of carbonyl (C=O) groups excluding carboxylic acids is 1. The molecule has 4 rings (SSSR count). The summed E-state index contributed by atoms with van der Waals surface area (Å²) in [5.74, 6) is 6.04. The first-order valence-electron chi connectivity index (χ1n) is 9.94. The van der Waals surface area contributed by atoms with Crippen LogP contribution in [-0.2, 0) is 19.4 Å². The van der Waals surface area contributed by atoms with E-state index in [9.17, 15) is 18.5 Å². The number of nitrogens with two attached hydrogens (primary N) is 1. The fourth-order valence-electron chi connectivity index (χ4n) is 3.88. The number of hydrogen-bond acceptors (Lipinski definition) is 7. The van der Waals surface area contributed by atoms with E-state index in [0.29, 0.717) is 54.4 Å². The number of morpholine rings is 1. The number of rotatable bonds is 4. The topological polar surface area (TPSA) is 117 Å². The van der Waals surface area contributed by atoms with Gasteiger partial charge < -0.3 is 9.64 Å². The molecule has 1 amide bonds. The molecule has 2 heterocycles. The van der Waals surface area contributed by atoms with Crippen LogP contribution in [0.1, 0.15) is 11.1 Å². The monoisotopic (exact) mass is 564 g/mol. The van der Waals surface area contributed by atoms with Crippen LogP contribution in [0.3, 0.4) is 0 Å². The van der Waals surface area contributed by atoms with Gasteiger partial charge in [0.25, 0.3) is 0 Å². The lowest BCUT2D eigenvalue weighted by molar-refractivity contribution is -0.133. The molecule has 166 valence electrons. The molecule has 2 aliphatic rings. The molecule has 10 heteroatoms. The predicted molar refractivity (Wildman–Crippen MR) is 128 cm³/mol. The van der Waals surface area contributed by atoms with Crippen molar-refractivity contribution in [3.63, 3.8) is 0 Å². The third-order valence-electron chi connectivity index (χ3n) is 5.47. The summed E-state index contributed by atoms with van der Waals surface area (Å²) in [5.41, 5.74) is 2.27. The molecule has 32 heavy (non-hydrogen) atoms. The molecule has 0 radical (unpaired) electrons. The Balaban J connectivity index is 1.87. The first kappa shape index (κ1) is 22.7. The summed E-state index contributed by atoms with van der Waals surface area (Å²) < 4.78 is 30.8. The number of nitrogens with zero attached hydrogens (tertiary/aromatic N) is 3. The van der Waals surface area contributed by atoms with Gasteiger partial charge in [-0.05, 0) is 29.8 Å². The first-order valence-corrected chi connectivity index (χ1v) is 12.8. The maximum atomic E-state index is 13.3. The number of hydrazine groups is 1. The molecule has 1 unspecified atom stereocenters. The molecule has 1 saturated heterocycles. The van der Waals surface area contributed by atoms with Crippen LogP contribution in [-0.4, -0.2) is 55.2 Å². The average molecular weight is 564 g/mol. The molecule has 0 aliphatic carbocycles. The number of amides is 1. The third kappa shape index (κ3) is 4.25. The van der Waals surface area contributed by atoms with E-state index in [1.54, 1.807) is 53.4 Å². The van der Waals surface area contributed by atoms with Gasteiger partial charge >= 0.3 is 0 Å². The van der Waals surface area contributed by atoms with Crippen LogP contribution in [0.5, 0.6) is 0 Å². The number of hydrogen-bond donors (Lipinski definition) is 1. The van der Waals surface area contributed by atoms with Crippen molar-refractivity contribution in [1.29, 1.82) is 5.26 Å². The Hall–Kier alpha value is -2.46. The second-order valence-electron chi connectivity index (χ2n) is 7.46. The highest BCUT2D eigenvalue weighted by Crippen LogP contribution is 2.39. The van der Waals surface area contributed by atoms with Gasteiger partial charge in [0.05, 0.1) is 46.9 Å². The highest BCUT2D eigenvalue weighted by atomic mass is 127. The van der Waals surface area contributed by atoms with Crippen LogP contribution in [0.2, 0.25) is 0 Å². The van der Waals surface area contributed by atoms with E-state index in [2.05, 4.69) is 6.07 Å². The Labute approximate surface area is 200 Å². The molecule has 2 aromatic carbocycles. The van der Waals surface area contributed by atoms with Crippen molar-refractivity contribution < 1.29 is 17.9 Å². The maximum absolute atomic E-state index is 13.3. The van der Waals surface area contributed by atoms with Gasteiger partial charge in [0.2, 0.25) is 5.91 Å². The summed E-state index contributed by atoms with van der Waals surface area (Å²) in [6.45, 7) is 1.82. The van der Waals surface area contributed by atoms with Crippen molar-refractivity contribution in [2.24, 2.45) is 5.84 Å². The fraction of sp³-hybridized carbons (Fsp3) is 0.273. The highest BCUT2D eigenvalue weighted by molar-refractivity contribution is 14.1. The van der Waals surface area contributed by atoms with E-state index < -0.39 is 13.8 Å². The van der Waals surface area contributed by atoms with Gasteiger partial charge in [-0.1, -0.05) is 46.9 Å². The van der Waals surface area contributed by atoms with E-state index in [4.69, 9.17) is 10.6 Å². The number of anilines is 1. The largest absolute Gasteiger partial charge is 0.378 e. The molecular formula is C22H21IN4O4S. The van der Waals surface area contributed by atoms with Crippen LogP contribution in [0.4, 0.5) is 5.69 Å². The zero-order valence-corrected chi connectivity index (χ0v) is 20.0. The van der Waals surface area contributed by atoms with Crippen molar-refractivity contribution in [3.8, 4) is 6.07 Å². The van der Waals surface area contributed by atoms with Crippen LogP contribution in [0, 0.1) is 11.3 Å². The minimum absolute atomic E-state index is 0.171. The summed E-state index contributed by atoms with van der Waals surface area (Å²) >= 11 is 2.00. The Bertz CT molecular complexity index is 1230. The number of halogens is 1. The lowest BCUT2D eigenvalue weighted by Gasteiger charge is -2.34. The summed E-state index contributed by atoms with van der Waals surface area (Å²) in [6.07, 6.45) is 0. The Morgan fingerprint density at radius 2 is 1.91 bits per heavy atom. The number of ether oxygens (including phenoxy) is 1. The van der Waals surface area contributed by atoms with E-state index in [1.807, 2.05) is 22.6 Å². The molecular weight excluding hydrogens is 543 g/mol.